The summed E-state index contributed by atoms with van der Waals surface area (Å²) in [5.74, 6) is 0. The molecule has 0 radical (unpaired) electrons. The van der Waals surface area contributed by atoms with Gasteiger partial charge in [-0.05, 0) is 6.07 Å². The van der Waals surface area contributed by atoms with Gasteiger partial charge in [-0.3, -0.25) is 10.1 Å². The van der Waals surface area contributed by atoms with Crippen molar-refractivity contribution < 1.29 is 4.92 Å². The molecule has 0 unspecified atom stereocenters. The summed E-state index contributed by atoms with van der Waals surface area (Å²) < 4.78 is 0. The van der Waals surface area contributed by atoms with Crippen LogP contribution in [0.5, 0.6) is 0 Å². The Morgan fingerprint density at radius 1 is 1.36 bits per heavy atom. The van der Waals surface area contributed by atoms with Crippen molar-refractivity contribution in [1.29, 1.82) is 0 Å². The van der Waals surface area contributed by atoms with Crippen molar-refractivity contribution >= 4 is 11.4 Å². The van der Waals surface area contributed by atoms with Gasteiger partial charge in [0.05, 0.1) is 10.5 Å². The number of nitrogens with zero attached hydrogens (tertiary/aromatic N) is 1. The van der Waals surface area contributed by atoms with Crippen LogP contribution in [-0.2, 0) is 6.54 Å². The average Bonchev–Trinajstić information content (AvgIpc) is 2.41. The molecule has 5 heteroatoms. The van der Waals surface area contributed by atoms with Crippen molar-refractivity contribution in [2.75, 3.05) is 18.4 Å². The van der Waals surface area contributed by atoms with Gasteiger partial charge in [-0.2, -0.15) is 0 Å². The quantitative estimate of drug-likeness (QED) is 0.518. The molecule has 0 aromatic heterocycles. The minimum absolute atomic E-state index is 0.185. The van der Waals surface area contributed by atoms with E-state index in [1.807, 2.05) is 6.07 Å². The molecule has 0 bridgehead atoms. The number of hydrogen-bond donors (Lipinski definition) is 2. The lowest BCUT2D eigenvalue weighted by molar-refractivity contribution is -0.385. The first kappa shape index (κ1) is 8.96. The van der Waals surface area contributed by atoms with Crippen LogP contribution in [0.2, 0.25) is 0 Å². The van der Waals surface area contributed by atoms with Crippen LogP contribution in [0.25, 0.3) is 0 Å². The van der Waals surface area contributed by atoms with E-state index in [9.17, 15) is 10.1 Å². The van der Waals surface area contributed by atoms with Crippen molar-refractivity contribution in [3.8, 4) is 0 Å². The summed E-state index contributed by atoms with van der Waals surface area (Å²) in [6.07, 6.45) is 0. The molecule has 0 fully saturated rings. The first-order valence-electron chi connectivity index (χ1n) is 4.50. The molecule has 0 amide bonds. The zero-order valence-electron chi connectivity index (χ0n) is 7.62. The van der Waals surface area contributed by atoms with Crippen molar-refractivity contribution in [3.05, 3.63) is 33.9 Å². The van der Waals surface area contributed by atoms with E-state index in [0.717, 1.165) is 24.3 Å². The zero-order valence-corrected chi connectivity index (χ0v) is 7.62. The van der Waals surface area contributed by atoms with Crippen molar-refractivity contribution in [1.82, 2.24) is 5.32 Å². The van der Waals surface area contributed by atoms with E-state index in [0.29, 0.717) is 6.54 Å². The molecular formula is C9H11N3O2. The van der Waals surface area contributed by atoms with Crippen LogP contribution in [0.1, 0.15) is 5.56 Å². The second-order valence-electron chi connectivity index (χ2n) is 3.16. The molecule has 1 aliphatic heterocycles. The predicted molar refractivity (Wildman–Crippen MR) is 53.3 cm³/mol. The zero-order chi connectivity index (χ0) is 9.97. The lowest BCUT2D eigenvalue weighted by Gasteiger charge is -2.06. The van der Waals surface area contributed by atoms with E-state index in [1.165, 1.54) is 6.07 Å². The summed E-state index contributed by atoms with van der Waals surface area (Å²) in [6.45, 7) is 2.18. The highest BCUT2D eigenvalue weighted by Gasteiger charge is 2.18. The Kier molecular flexibility index (Phi) is 2.32. The van der Waals surface area contributed by atoms with Crippen molar-refractivity contribution in [2.24, 2.45) is 0 Å². The van der Waals surface area contributed by atoms with Crippen LogP contribution in [0.4, 0.5) is 11.4 Å². The Morgan fingerprint density at radius 2 is 2.21 bits per heavy atom. The van der Waals surface area contributed by atoms with Gasteiger partial charge in [0, 0.05) is 31.4 Å². The van der Waals surface area contributed by atoms with Crippen LogP contribution in [0, 0.1) is 10.1 Å². The molecule has 1 aromatic carbocycles. The molecule has 0 spiro atoms. The van der Waals surface area contributed by atoms with Crippen LogP contribution < -0.4 is 10.6 Å². The highest BCUT2D eigenvalue weighted by molar-refractivity contribution is 5.61. The number of rotatable bonds is 1. The van der Waals surface area contributed by atoms with E-state index in [1.54, 1.807) is 6.07 Å². The summed E-state index contributed by atoms with van der Waals surface area (Å²) >= 11 is 0. The van der Waals surface area contributed by atoms with Crippen molar-refractivity contribution in [3.63, 3.8) is 0 Å². The highest BCUT2D eigenvalue weighted by atomic mass is 16.6. The largest absolute Gasteiger partial charge is 0.383 e. The number of nitrogens with one attached hydrogen (secondary N) is 2. The average molecular weight is 193 g/mol. The maximum absolute atomic E-state index is 10.7. The van der Waals surface area contributed by atoms with E-state index >= 15 is 0 Å². The van der Waals surface area contributed by atoms with Gasteiger partial charge in [-0.25, -0.2) is 0 Å². The molecule has 0 saturated heterocycles. The molecule has 14 heavy (non-hydrogen) atoms. The molecule has 74 valence electrons. The van der Waals surface area contributed by atoms with Gasteiger partial charge in [-0.1, -0.05) is 6.07 Å². The highest BCUT2D eigenvalue weighted by Crippen LogP contribution is 2.26. The first-order valence-corrected chi connectivity index (χ1v) is 4.50. The third-order valence-electron chi connectivity index (χ3n) is 2.27. The molecule has 5 nitrogen and oxygen atoms in total. The monoisotopic (exact) mass is 193 g/mol. The van der Waals surface area contributed by atoms with Crippen LogP contribution in [0.15, 0.2) is 18.2 Å². The van der Waals surface area contributed by atoms with Gasteiger partial charge in [0.1, 0.15) is 0 Å². The van der Waals surface area contributed by atoms with Gasteiger partial charge in [0.25, 0.3) is 5.69 Å². The Hall–Kier alpha value is -1.62. The van der Waals surface area contributed by atoms with Gasteiger partial charge in [0.2, 0.25) is 0 Å². The smallest absolute Gasteiger partial charge is 0.275 e. The maximum atomic E-state index is 10.7. The lowest BCUT2D eigenvalue weighted by atomic mass is 10.1. The second kappa shape index (κ2) is 3.63. The molecule has 0 saturated carbocycles. The third kappa shape index (κ3) is 1.54. The number of hydrogen-bond acceptors (Lipinski definition) is 4. The number of nitro benzene ring substituents is 1. The first-order chi connectivity index (χ1) is 6.79. The summed E-state index contributed by atoms with van der Waals surface area (Å²) in [5, 5.41) is 17.0. The summed E-state index contributed by atoms with van der Waals surface area (Å²) in [6, 6.07) is 5.11. The number of nitro groups is 1. The topological polar surface area (TPSA) is 67.2 Å². The Balaban J connectivity index is 2.47. The maximum Gasteiger partial charge on any atom is 0.275 e. The Bertz CT molecular complexity index is 365. The van der Waals surface area contributed by atoms with Crippen LogP contribution in [0.3, 0.4) is 0 Å². The van der Waals surface area contributed by atoms with E-state index in [4.69, 9.17) is 0 Å². The number of benzene rings is 1. The van der Waals surface area contributed by atoms with E-state index in [2.05, 4.69) is 10.6 Å². The van der Waals surface area contributed by atoms with Gasteiger partial charge < -0.3 is 10.6 Å². The molecule has 0 atom stereocenters. The SMILES string of the molecule is O=[N+]([O-])c1cccc2c1CNCCN2. The molecule has 2 N–H and O–H groups in total. The summed E-state index contributed by atoms with van der Waals surface area (Å²) in [4.78, 5) is 10.4. The normalized spacial score (nSPS) is 15.1. The standard InChI is InChI=1S/C9H11N3O2/c13-12(14)9-3-1-2-8-7(9)6-10-4-5-11-8/h1-3,10-11H,4-6H2. The van der Waals surface area contributed by atoms with E-state index < -0.39 is 0 Å². The van der Waals surface area contributed by atoms with Gasteiger partial charge in [-0.15, -0.1) is 0 Å². The van der Waals surface area contributed by atoms with Crippen LogP contribution >= 0.6 is 0 Å². The molecule has 1 aliphatic rings. The molecule has 1 heterocycles. The number of anilines is 1. The van der Waals surface area contributed by atoms with Gasteiger partial charge >= 0.3 is 0 Å². The fourth-order valence-electron chi connectivity index (χ4n) is 1.60. The summed E-state index contributed by atoms with van der Waals surface area (Å²) in [5.41, 5.74) is 1.80. The third-order valence-corrected chi connectivity index (χ3v) is 2.27. The second-order valence-corrected chi connectivity index (χ2v) is 3.16. The summed E-state index contributed by atoms with van der Waals surface area (Å²) in [7, 11) is 0. The van der Waals surface area contributed by atoms with E-state index in [-0.39, 0.29) is 10.6 Å². The molecular weight excluding hydrogens is 182 g/mol. The Morgan fingerprint density at radius 3 is 3.00 bits per heavy atom. The fourth-order valence-corrected chi connectivity index (χ4v) is 1.60. The minimum atomic E-state index is -0.340. The molecule has 1 aromatic rings. The predicted octanol–water partition coefficient (Wildman–Crippen LogP) is 1.11. The number of fused-ring (bicyclic) bond motifs is 1. The minimum Gasteiger partial charge on any atom is -0.383 e. The van der Waals surface area contributed by atoms with Crippen LogP contribution in [-0.4, -0.2) is 18.0 Å². The van der Waals surface area contributed by atoms with Gasteiger partial charge in [0.15, 0.2) is 0 Å². The van der Waals surface area contributed by atoms with Crippen molar-refractivity contribution in [2.45, 2.75) is 6.54 Å². The fraction of sp³-hybridized carbons (Fsp3) is 0.333. The molecule has 0 aliphatic carbocycles. The lowest BCUT2D eigenvalue weighted by Crippen LogP contribution is -2.17. The Labute approximate surface area is 81.3 Å². The molecule has 2 rings (SSSR count).